The van der Waals surface area contributed by atoms with Crippen LogP contribution in [0.5, 0.6) is 11.5 Å². The van der Waals surface area contributed by atoms with Gasteiger partial charge in [0.1, 0.15) is 11.5 Å². The number of para-hydroxylation sites is 1. The quantitative estimate of drug-likeness (QED) is 0.855. The molecule has 0 aliphatic carbocycles. The van der Waals surface area contributed by atoms with Crippen LogP contribution in [0.4, 0.5) is 0 Å². The molecule has 1 N–H and O–H groups in total. The van der Waals surface area contributed by atoms with E-state index in [0.29, 0.717) is 12.3 Å². The fourth-order valence-corrected chi connectivity index (χ4v) is 2.02. The molecule has 2 rings (SSSR count). The lowest BCUT2D eigenvalue weighted by molar-refractivity contribution is -0.127. The molecule has 0 unspecified atom stereocenters. The lowest BCUT2D eigenvalue weighted by Gasteiger charge is -2.14. The van der Waals surface area contributed by atoms with Gasteiger partial charge in [0, 0.05) is 6.54 Å². The molecule has 0 aromatic heterocycles. The van der Waals surface area contributed by atoms with E-state index >= 15 is 0 Å². The van der Waals surface area contributed by atoms with Gasteiger partial charge in [0.15, 0.2) is 6.10 Å². The molecule has 2 aromatic carbocycles. The van der Waals surface area contributed by atoms with Gasteiger partial charge in [-0.2, -0.15) is 0 Å². The summed E-state index contributed by atoms with van der Waals surface area (Å²) in [5.74, 6) is 1.41. The zero-order chi connectivity index (χ0) is 15.8. The number of carbonyl (C=O) groups is 1. The number of amides is 1. The summed E-state index contributed by atoms with van der Waals surface area (Å²) in [6.07, 6.45) is 0.256. The van der Waals surface area contributed by atoms with Crippen LogP contribution >= 0.6 is 0 Å². The number of ether oxygens (including phenoxy) is 2. The number of hydrogen-bond acceptors (Lipinski definition) is 3. The van der Waals surface area contributed by atoms with Gasteiger partial charge in [0.25, 0.3) is 5.91 Å². The van der Waals surface area contributed by atoms with Crippen molar-refractivity contribution in [2.24, 2.45) is 0 Å². The van der Waals surface area contributed by atoms with Crippen LogP contribution in [0.15, 0.2) is 54.6 Å². The van der Waals surface area contributed by atoms with Crippen LogP contribution in [0, 0.1) is 0 Å². The Hall–Kier alpha value is -2.49. The Bertz CT molecular complexity index is 581. The molecule has 116 valence electrons. The number of rotatable bonds is 7. The van der Waals surface area contributed by atoms with Crippen LogP contribution in [-0.4, -0.2) is 25.7 Å². The molecule has 0 aliphatic rings. The maximum absolute atomic E-state index is 12.0. The standard InChI is InChI=1S/C18H21NO3/c1-14(22-17-6-4-3-5-7-17)18(20)19-13-12-15-8-10-16(21-2)11-9-15/h3-11,14H,12-13H2,1-2H3,(H,19,20)/t14-/m0/s1. The SMILES string of the molecule is COc1ccc(CCNC(=O)[C@H](C)Oc2ccccc2)cc1. The normalized spacial score (nSPS) is 11.5. The first-order valence-electron chi connectivity index (χ1n) is 7.31. The summed E-state index contributed by atoms with van der Waals surface area (Å²) in [6.45, 7) is 2.32. The van der Waals surface area contributed by atoms with E-state index in [-0.39, 0.29) is 5.91 Å². The van der Waals surface area contributed by atoms with E-state index < -0.39 is 6.10 Å². The number of benzene rings is 2. The van der Waals surface area contributed by atoms with E-state index in [4.69, 9.17) is 9.47 Å². The van der Waals surface area contributed by atoms with E-state index in [9.17, 15) is 4.79 Å². The fraction of sp³-hybridized carbons (Fsp3) is 0.278. The minimum absolute atomic E-state index is 0.114. The van der Waals surface area contributed by atoms with Gasteiger partial charge < -0.3 is 14.8 Å². The highest BCUT2D eigenvalue weighted by Crippen LogP contribution is 2.12. The number of methoxy groups -OCH3 is 1. The summed E-state index contributed by atoms with van der Waals surface area (Å²) in [7, 11) is 1.64. The molecule has 0 fully saturated rings. The summed E-state index contributed by atoms with van der Waals surface area (Å²) >= 11 is 0. The maximum atomic E-state index is 12.0. The van der Waals surface area contributed by atoms with E-state index in [1.54, 1.807) is 14.0 Å². The number of carbonyl (C=O) groups excluding carboxylic acids is 1. The summed E-state index contributed by atoms with van der Waals surface area (Å²) in [6, 6.07) is 17.2. The Labute approximate surface area is 131 Å². The first-order valence-corrected chi connectivity index (χ1v) is 7.31. The van der Waals surface area contributed by atoms with Crippen molar-refractivity contribution in [3.05, 3.63) is 60.2 Å². The molecular weight excluding hydrogens is 278 g/mol. The highest BCUT2D eigenvalue weighted by molar-refractivity contribution is 5.80. The van der Waals surface area contributed by atoms with Gasteiger partial charge in [0.05, 0.1) is 7.11 Å². The summed E-state index contributed by atoms with van der Waals surface area (Å²) < 4.78 is 10.7. The van der Waals surface area contributed by atoms with Crippen molar-refractivity contribution in [2.75, 3.05) is 13.7 Å². The average Bonchev–Trinajstić information content (AvgIpc) is 2.56. The van der Waals surface area contributed by atoms with Gasteiger partial charge in [0.2, 0.25) is 0 Å². The molecule has 1 amide bonds. The second-order valence-corrected chi connectivity index (χ2v) is 4.96. The topological polar surface area (TPSA) is 47.6 Å². The molecule has 0 aliphatic heterocycles. The van der Waals surface area contributed by atoms with Crippen LogP contribution in [0.1, 0.15) is 12.5 Å². The largest absolute Gasteiger partial charge is 0.497 e. The van der Waals surface area contributed by atoms with Crippen LogP contribution < -0.4 is 14.8 Å². The Morgan fingerprint density at radius 2 is 1.73 bits per heavy atom. The third kappa shape index (κ3) is 4.81. The van der Waals surface area contributed by atoms with E-state index in [1.165, 1.54) is 0 Å². The third-order valence-corrected chi connectivity index (χ3v) is 3.30. The van der Waals surface area contributed by atoms with Crippen molar-refractivity contribution in [2.45, 2.75) is 19.4 Å². The van der Waals surface area contributed by atoms with Gasteiger partial charge >= 0.3 is 0 Å². The van der Waals surface area contributed by atoms with Crippen LogP contribution in [-0.2, 0) is 11.2 Å². The van der Waals surface area contributed by atoms with Crippen LogP contribution in [0.3, 0.4) is 0 Å². The molecule has 2 aromatic rings. The smallest absolute Gasteiger partial charge is 0.260 e. The Morgan fingerprint density at radius 3 is 2.36 bits per heavy atom. The highest BCUT2D eigenvalue weighted by atomic mass is 16.5. The van der Waals surface area contributed by atoms with Crippen LogP contribution in [0.2, 0.25) is 0 Å². The zero-order valence-electron chi connectivity index (χ0n) is 12.9. The molecule has 22 heavy (non-hydrogen) atoms. The third-order valence-electron chi connectivity index (χ3n) is 3.30. The lowest BCUT2D eigenvalue weighted by Crippen LogP contribution is -2.37. The van der Waals surface area contributed by atoms with Gasteiger partial charge in [-0.25, -0.2) is 0 Å². The molecule has 0 bridgehead atoms. The Kier molecular flexibility index (Phi) is 5.83. The molecule has 0 saturated carbocycles. The van der Waals surface area contributed by atoms with E-state index in [0.717, 1.165) is 17.7 Å². The second kappa shape index (κ2) is 8.08. The number of nitrogens with one attached hydrogen (secondary N) is 1. The molecule has 4 heteroatoms. The first kappa shape index (κ1) is 15.9. The van der Waals surface area contributed by atoms with Crippen molar-refractivity contribution >= 4 is 5.91 Å². The predicted octanol–water partition coefficient (Wildman–Crippen LogP) is 2.82. The van der Waals surface area contributed by atoms with Crippen molar-refractivity contribution in [1.82, 2.24) is 5.32 Å². The lowest BCUT2D eigenvalue weighted by atomic mass is 10.1. The summed E-state index contributed by atoms with van der Waals surface area (Å²) in [5, 5.41) is 2.88. The van der Waals surface area contributed by atoms with Gasteiger partial charge in [-0.1, -0.05) is 30.3 Å². The fourth-order valence-electron chi connectivity index (χ4n) is 2.02. The zero-order valence-corrected chi connectivity index (χ0v) is 12.9. The van der Waals surface area contributed by atoms with Crippen LogP contribution in [0.25, 0.3) is 0 Å². The van der Waals surface area contributed by atoms with Gasteiger partial charge in [-0.05, 0) is 43.2 Å². The monoisotopic (exact) mass is 299 g/mol. The minimum Gasteiger partial charge on any atom is -0.497 e. The Balaban J connectivity index is 1.74. The molecule has 4 nitrogen and oxygen atoms in total. The van der Waals surface area contributed by atoms with E-state index in [1.807, 2.05) is 54.6 Å². The molecule has 0 saturated heterocycles. The summed E-state index contributed by atoms with van der Waals surface area (Å²) in [4.78, 5) is 12.0. The van der Waals surface area contributed by atoms with Crippen molar-refractivity contribution in [3.8, 4) is 11.5 Å². The Morgan fingerprint density at radius 1 is 1.05 bits per heavy atom. The summed E-state index contributed by atoms with van der Waals surface area (Å²) in [5.41, 5.74) is 1.15. The molecule has 0 radical (unpaired) electrons. The van der Waals surface area contributed by atoms with E-state index in [2.05, 4.69) is 5.32 Å². The van der Waals surface area contributed by atoms with Gasteiger partial charge in [-0.3, -0.25) is 4.79 Å². The maximum Gasteiger partial charge on any atom is 0.260 e. The minimum atomic E-state index is -0.515. The molecule has 0 heterocycles. The van der Waals surface area contributed by atoms with Gasteiger partial charge in [-0.15, -0.1) is 0 Å². The first-order chi connectivity index (χ1) is 10.7. The molecular formula is C18H21NO3. The van der Waals surface area contributed by atoms with Crippen molar-refractivity contribution in [3.63, 3.8) is 0 Å². The predicted molar refractivity (Wildman–Crippen MR) is 86.2 cm³/mol. The average molecular weight is 299 g/mol. The number of hydrogen-bond donors (Lipinski definition) is 1. The van der Waals surface area contributed by atoms with Crippen molar-refractivity contribution in [1.29, 1.82) is 0 Å². The van der Waals surface area contributed by atoms with Crippen molar-refractivity contribution < 1.29 is 14.3 Å². The molecule has 0 spiro atoms. The second-order valence-electron chi connectivity index (χ2n) is 4.96. The highest BCUT2D eigenvalue weighted by Gasteiger charge is 2.13. The molecule has 1 atom stereocenters.